The van der Waals surface area contributed by atoms with E-state index in [1.165, 1.54) is 11.3 Å². The number of likely N-dealkylation sites (tertiary alicyclic amines) is 1. The first-order chi connectivity index (χ1) is 18.3. The van der Waals surface area contributed by atoms with E-state index in [0.717, 1.165) is 30.8 Å². The molecular formula is C26H26ClN7O3S. The molecule has 5 rings (SSSR count). The standard InChI is InChI=1S/C26H26ClN7O3S/c1-15(2)33-9-7-17(8-10-33)30-26(36)24-19-11-16(25(35)29-14-28)3-4-20(19)34(31-24)13-18-12-21(37-32-18)22-5-6-23(27)38-22/h3-6,11-12,15,17H,7-10,13H2,1-2H3,(H,29,35)(H,30,36). The van der Waals surface area contributed by atoms with Gasteiger partial charge >= 0.3 is 0 Å². The molecule has 0 aliphatic carbocycles. The lowest BCUT2D eigenvalue weighted by Crippen LogP contribution is -2.46. The summed E-state index contributed by atoms with van der Waals surface area (Å²) in [6.45, 7) is 6.43. The Hall–Kier alpha value is -3.72. The van der Waals surface area contributed by atoms with E-state index in [1.807, 2.05) is 12.1 Å². The Balaban J connectivity index is 1.43. The summed E-state index contributed by atoms with van der Waals surface area (Å²) in [7, 11) is 0. The number of thiophene rings is 1. The number of carbonyl (C=O) groups is 2. The van der Waals surface area contributed by atoms with Gasteiger partial charge in [0.1, 0.15) is 5.69 Å². The highest BCUT2D eigenvalue weighted by molar-refractivity contribution is 7.19. The number of amides is 2. The van der Waals surface area contributed by atoms with Crippen LogP contribution in [0.15, 0.2) is 40.9 Å². The maximum atomic E-state index is 13.4. The first-order valence-corrected chi connectivity index (χ1v) is 13.5. The van der Waals surface area contributed by atoms with Crippen LogP contribution in [-0.4, -0.2) is 56.8 Å². The molecule has 2 amide bonds. The van der Waals surface area contributed by atoms with Crippen molar-refractivity contribution in [2.45, 2.75) is 45.3 Å². The van der Waals surface area contributed by atoms with Crippen LogP contribution in [0.25, 0.3) is 21.5 Å². The molecule has 12 heteroatoms. The number of hydrogen-bond donors (Lipinski definition) is 2. The second-order valence-electron chi connectivity index (χ2n) is 9.47. The van der Waals surface area contributed by atoms with E-state index >= 15 is 0 Å². The average Bonchev–Trinajstić information content (AvgIpc) is 3.63. The molecular weight excluding hydrogens is 526 g/mol. The number of nitriles is 1. The number of nitrogens with one attached hydrogen (secondary N) is 2. The second kappa shape index (κ2) is 10.9. The molecule has 196 valence electrons. The summed E-state index contributed by atoms with van der Waals surface area (Å²) < 4.78 is 7.82. The minimum absolute atomic E-state index is 0.0403. The highest BCUT2D eigenvalue weighted by atomic mass is 35.5. The number of halogens is 1. The molecule has 3 aromatic heterocycles. The van der Waals surface area contributed by atoms with E-state index in [0.29, 0.717) is 32.7 Å². The zero-order valence-corrected chi connectivity index (χ0v) is 22.5. The van der Waals surface area contributed by atoms with Crippen molar-refractivity contribution in [2.75, 3.05) is 13.1 Å². The lowest BCUT2D eigenvalue weighted by atomic mass is 10.0. The van der Waals surface area contributed by atoms with Crippen molar-refractivity contribution in [1.29, 1.82) is 5.26 Å². The number of fused-ring (bicyclic) bond motifs is 1. The van der Waals surface area contributed by atoms with Crippen molar-refractivity contribution in [3.63, 3.8) is 0 Å². The summed E-state index contributed by atoms with van der Waals surface area (Å²) in [6, 6.07) is 10.9. The molecule has 2 N–H and O–H groups in total. The van der Waals surface area contributed by atoms with Gasteiger partial charge in [-0.3, -0.25) is 19.6 Å². The molecule has 0 radical (unpaired) electrons. The van der Waals surface area contributed by atoms with Gasteiger partial charge in [-0.1, -0.05) is 16.8 Å². The van der Waals surface area contributed by atoms with Gasteiger partial charge in [-0.25, -0.2) is 0 Å². The van der Waals surface area contributed by atoms with Gasteiger partial charge in [-0.05, 0) is 57.0 Å². The molecule has 1 saturated heterocycles. The summed E-state index contributed by atoms with van der Waals surface area (Å²) in [4.78, 5) is 29.0. The molecule has 4 heterocycles. The van der Waals surface area contributed by atoms with Crippen molar-refractivity contribution in [2.24, 2.45) is 0 Å². The Bertz CT molecular complexity index is 1530. The molecule has 1 aliphatic heterocycles. The van der Waals surface area contributed by atoms with Crippen LogP contribution < -0.4 is 10.6 Å². The number of aromatic nitrogens is 3. The van der Waals surface area contributed by atoms with Crippen molar-refractivity contribution in [1.82, 2.24) is 30.5 Å². The van der Waals surface area contributed by atoms with Crippen LogP contribution >= 0.6 is 22.9 Å². The van der Waals surface area contributed by atoms with Gasteiger partial charge in [0.2, 0.25) is 0 Å². The number of piperidine rings is 1. The molecule has 0 spiro atoms. The SMILES string of the molecule is CC(C)N1CCC(NC(=O)c2nn(Cc3cc(-c4ccc(Cl)s4)on3)c3ccc(C(=O)NC#N)cc23)CC1. The summed E-state index contributed by atoms with van der Waals surface area (Å²) in [6.07, 6.45) is 3.35. The molecule has 1 aromatic carbocycles. The summed E-state index contributed by atoms with van der Waals surface area (Å²) in [5.74, 6) is -0.261. The summed E-state index contributed by atoms with van der Waals surface area (Å²) in [5.41, 5.74) is 1.75. The molecule has 0 unspecified atom stereocenters. The van der Waals surface area contributed by atoms with E-state index in [-0.39, 0.29) is 29.8 Å². The maximum Gasteiger partial charge on any atom is 0.272 e. The highest BCUT2D eigenvalue weighted by Gasteiger charge is 2.25. The Morgan fingerprint density at radius 3 is 2.68 bits per heavy atom. The van der Waals surface area contributed by atoms with Crippen molar-refractivity contribution in [3.8, 4) is 16.8 Å². The largest absolute Gasteiger partial charge is 0.355 e. The number of nitrogens with zero attached hydrogens (tertiary/aromatic N) is 5. The lowest BCUT2D eigenvalue weighted by molar-refractivity contribution is 0.0895. The number of carbonyl (C=O) groups excluding carboxylic acids is 2. The summed E-state index contributed by atoms with van der Waals surface area (Å²) >= 11 is 7.44. The van der Waals surface area contributed by atoms with Gasteiger partial charge in [-0.15, -0.1) is 11.3 Å². The summed E-state index contributed by atoms with van der Waals surface area (Å²) in [5, 5.41) is 23.4. The monoisotopic (exact) mass is 551 g/mol. The fraction of sp³-hybridized carbons (Fsp3) is 0.346. The van der Waals surface area contributed by atoms with Gasteiger partial charge in [0, 0.05) is 42.2 Å². The van der Waals surface area contributed by atoms with E-state index in [1.54, 1.807) is 35.1 Å². The van der Waals surface area contributed by atoms with E-state index < -0.39 is 5.91 Å². The van der Waals surface area contributed by atoms with Crippen LogP contribution in [0.5, 0.6) is 0 Å². The smallest absolute Gasteiger partial charge is 0.272 e. The molecule has 0 atom stereocenters. The predicted molar refractivity (Wildman–Crippen MR) is 144 cm³/mol. The van der Waals surface area contributed by atoms with Crippen LogP contribution in [0.4, 0.5) is 0 Å². The molecule has 0 saturated carbocycles. The lowest BCUT2D eigenvalue weighted by Gasteiger charge is -2.34. The molecule has 4 aromatic rings. The van der Waals surface area contributed by atoms with Gasteiger partial charge in [0.15, 0.2) is 17.6 Å². The zero-order valence-electron chi connectivity index (χ0n) is 20.9. The Kier molecular flexibility index (Phi) is 7.46. The third-order valence-corrected chi connectivity index (χ3v) is 7.92. The first kappa shape index (κ1) is 25.9. The molecule has 1 fully saturated rings. The van der Waals surface area contributed by atoms with Crippen LogP contribution in [-0.2, 0) is 6.54 Å². The number of hydrogen-bond acceptors (Lipinski definition) is 8. The third kappa shape index (κ3) is 5.43. The van der Waals surface area contributed by atoms with Gasteiger partial charge in [0.25, 0.3) is 11.8 Å². The zero-order chi connectivity index (χ0) is 26.8. The minimum Gasteiger partial charge on any atom is -0.355 e. The Morgan fingerprint density at radius 2 is 2.00 bits per heavy atom. The van der Waals surface area contributed by atoms with Crippen molar-refractivity contribution < 1.29 is 14.1 Å². The Morgan fingerprint density at radius 1 is 1.21 bits per heavy atom. The van der Waals surface area contributed by atoms with E-state index in [4.69, 9.17) is 21.4 Å². The quantitative estimate of drug-likeness (QED) is 0.259. The van der Waals surface area contributed by atoms with Crippen molar-refractivity contribution >= 4 is 45.7 Å². The molecule has 0 bridgehead atoms. The molecule has 10 nitrogen and oxygen atoms in total. The second-order valence-corrected chi connectivity index (χ2v) is 11.2. The predicted octanol–water partition coefficient (Wildman–Crippen LogP) is 4.27. The van der Waals surface area contributed by atoms with Crippen LogP contribution in [0.3, 0.4) is 0 Å². The van der Waals surface area contributed by atoms with Crippen LogP contribution in [0, 0.1) is 11.5 Å². The van der Waals surface area contributed by atoms with Crippen molar-refractivity contribution in [3.05, 3.63) is 57.7 Å². The molecule has 38 heavy (non-hydrogen) atoms. The van der Waals surface area contributed by atoms with E-state index in [2.05, 4.69) is 39.6 Å². The highest BCUT2D eigenvalue weighted by Crippen LogP contribution is 2.31. The first-order valence-electron chi connectivity index (χ1n) is 12.3. The molecule has 1 aliphatic rings. The number of benzene rings is 1. The van der Waals surface area contributed by atoms with Gasteiger partial charge < -0.3 is 14.7 Å². The van der Waals surface area contributed by atoms with Crippen LogP contribution in [0.1, 0.15) is 53.2 Å². The van der Waals surface area contributed by atoms with E-state index in [9.17, 15) is 9.59 Å². The fourth-order valence-electron chi connectivity index (χ4n) is 4.65. The minimum atomic E-state index is -0.551. The van der Waals surface area contributed by atoms with Gasteiger partial charge in [0.05, 0.1) is 21.3 Å². The van der Waals surface area contributed by atoms with Crippen LogP contribution in [0.2, 0.25) is 4.34 Å². The third-order valence-electron chi connectivity index (χ3n) is 6.68. The Labute approximate surface area is 228 Å². The normalized spacial score (nSPS) is 14.6. The fourth-order valence-corrected chi connectivity index (χ4v) is 5.64. The number of rotatable bonds is 7. The average molecular weight is 552 g/mol. The van der Waals surface area contributed by atoms with Gasteiger partial charge in [-0.2, -0.15) is 10.4 Å². The topological polar surface area (TPSA) is 129 Å². The maximum absolute atomic E-state index is 13.4.